The molecule has 0 aliphatic rings. The van der Waals surface area contributed by atoms with Crippen LogP contribution < -0.4 is 5.11 Å². The Morgan fingerprint density at radius 3 is 2.85 bits per heavy atom. The van der Waals surface area contributed by atoms with E-state index in [0.717, 1.165) is 23.9 Å². The molecule has 134 valence electrons. The fraction of sp³-hybridized carbons (Fsp3) is 0.125. The molecule has 0 saturated carbocycles. The van der Waals surface area contributed by atoms with Gasteiger partial charge in [-0.3, -0.25) is 0 Å². The first kappa shape index (κ1) is 17.8. The van der Waals surface area contributed by atoms with Crippen molar-refractivity contribution in [2.45, 2.75) is 12.1 Å². The summed E-state index contributed by atoms with van der Waals surface area (Å²) in [6.07, 6.45) is 2.63. The Morgan fingerprint density at radius 1 is 1.38 bits per heavy atom. The number of hydrogen-bond acceptors (Lipinski definition) is 7. The summed E-state index contributed by atoms with van der Waals surface area (Å²) < 4.78 is 33.3. The zero-order valence-corrected chi connectivity index (χ0v) is 14.2. The van der Waals surface area contributed by atoms with Crippen LogP contribution in [0.2, 0.25) is 0 Å². The molecule has 2 aromatic heterocycles. The highest BCUT2D eigenvalue weighted by Crippen LogP contribution is 2.26. The van der Waals surface area contributed by atoms with Crippen molar-refractivity contribution in [1.82, 2.24) is 14.9 Å². The average Bonchev–Trinajstić information content (AvgIpc) is 3.17. The molecule has 0 bridgehead atoms. The Labute approximate surface area is 150 Å². The molecule has 0 unspecified atom stereocenters. The molecule has 10 heteroatoms. The van der Waals surface area contributed by atoms with Gasteiger partial charge in [-0.25, -0.2) is 8.78 Å². The molecular formula is C16H11F2N4O3S-. The van der Waals surface area contributed by atoms with Crippen LogP contribution in [-0.4, -0.2) is 32.8 Å². The maximum Gasteiger partial charge on any atom is 0.212 e. The number of carbonyl (C=O) groups is 1. The molecule has 0 aliphatic carbocycles. The Hall–Kier alpha value is -3.01. The summed E-state index contributed by atoms with van der Waals surface area (Å²) in [6.45, 7) is 1.71. The summed E-state index contributed by atoms with van der Waals surface area (Å²) in [6, 6.07) is 4.72. The van der Waals surface area contributed by atoms with Crippen molar-refractivity contribution in [1.29, 1.82) is 0 Å². The smallest absolute Gasteiger partial charge is 0.212 e. The SMILES string of the molecule is Cc1occc1-c1nnc(SCC(=O)[O-])n1/N=C\c1ccc(F)cc1F. The lowest BCUT2D eigenvalue weighted by Gasteiger charge is -2.04. The molecule has 3 aromatic rings. The minimum absolute atomic E-state index is 0.0471. The van der Waals surface area contributed by atoms with E-state index in [-0.39, 0.29) is 22.3 Å². The second-order valence-corrected chi connectivity index (χ2v) is 6.02. The highest BCUT2D eigenvalue weighted by molar-refractivity contribution is 7.99. The molecule has 0 saturated heterocycles. The van der Waals surface area contributed by atoms with Crippen molar-refractivity contribution in [2.24, 2.45) is 5.10 Å². The number of carboxylic acid groups (broad SMARTS) is 1. The van der Waals surface area contributed by atoms with E-state index in [1.54, 1.807) is 13.0 Å². The predicted molar refractivity (Wildman–Crippen MR) is 87.5 cm³/mol. The third-order valence-corrected chi connectivity index (χ3v) is 4.20. The van der Waals surface area contributed by atoms with Crippen LogP contribution in [0.1, 0.15) is 11.3 Å². The molecule has 3 rings (SSSR count). The molecular weight excluding hydrogens is 366 g/mol. The van der Waals surface area contributed by atoms with E-state index in [1.807, 2.05) is 0 Å². The lowest BCUT2D eigenvalue weighted by atomic mass is 10.2. The number of thioether (sulfide) groups is 1. The summed E-state index contributed by atoms with van der Waals surface area (Å²) in [5, 5.41) is 22.9. The lowest BCUT2D eigenvalue weighted by Crippen LogP contribution is -2.24. The van der Waals surface area contributed by atoms with Crippen molar-refractivity contribution in [3.05, 3.63) is 53.5 Å². The van der Waals surface area contributed by atoms with Crippen molar-refractivity contribution >= 4 is 23.9 Å². The number of aliphatic carboxylic acids is 1. The summed E-state index contributed by atoms with van der Waals surface area (Å²) >= 11 is 0.850. The first-order valence-corrected chi connectivity index (χ1v) is 8.26. The molecule has 0 spiro atoms. The van der Waals surface area contributed by atoms with Gasteiger partial charge in [-0.1, -0.05) is 11.8 Å². The monoisotopic (exact) mass is 377 g/mol. The van der Waals surface area contributed by atoms with Gasteiger partial charge in [0.15, 0.2) is 5.82 Å². The Kier molecular flexibility index (Phi) is 5.12. The van der Waals surface area contributed by atoms with E-state index < -0.39 is 17.6 Å². The summed E-state index contributed by atoms with van der Waals surface area (Å²) in [4.78, 5) is 10.7. The van der Waals surface area contributed by atoms with Gasteiger partial charge in [-0.05, 0) is 25.1 Å². The summed E-state index contributed by atoms with van der Waals surface area (Å²) in [5.41, 5.74) is 0.639. The zero-order chi connectivity index (χ0) is 18.7. The van der Waals surface area contributed by atoms with E-state index in [1.165, 1.54) is 23.2 Å². The van der Waals surface area contributed by atoms with Crippen molar-refractivity contribution < 1.29 is 23.1 Å². The van der Waals surface area contributed by atoms with Gasteiger partial charge in [-0.15, -0.1) is 10.2 Å². The molecule has 0 atom stereocenters. The highest BCUT2D eigenvalue weighted by atomic mass is 32.2. The Morgan fingerprint density at radius 2 is 2.19 bits per heavy atom. The summed E-state index contributed by atoms with van der Waals surface area (Å²) in [7, 11) is 0. The van der Waals surface area contributed by atoms with E-state index in [0.29, 0.717) is 11.3 Å². The van der Waals surface area contributed by atoms with Crippen LogP contribution in [0.3, 0.4) is 0 Å². The van der Waals surface area contributed by atoms with E-state index in [2.05, 4.69) is 15.3 Å². The van der Waals surface area contributed by atoms with E-state index in [9.17, 15) is 18.7 Å². The van der Waals surface area contributed by atoms with Gasteiger partial charge in [0.1, 0.15) is 17.4 Å². The zero-order valence-electron chi connectivity index (χ0n) is 13.3. The number of furan rings is 1. The van der Waals surface area contributed by atoms with Gasteiger partial charge >= 0.3 is 0 Å². The van der Waals surface area contributed by atoms with Gasteiger partial charge < -0.3 is 14.3 Å². The number of hydrogen-bond donors (Lipinski definition) is 0. The second kappa shape index (κ2) is 7.48. The summed E-state index contributed by atoms with van der Waals surface area (Å²) in [5.74, 6) is -2.29. The topological polar surface area (TPSA) is 96.3 Å². The first-order chi connectivity index (χ1) is 12.5. The quantitative estimate of drug-likeness (QED) is 0.480. The van der Waals surface area contributed by atoms with E-state index in [4.69, 9.17) is 4.42 Å². The van der Waals surface area contributed by atoms with Crippen LogP contribution >= 0.6 is 11.8 Å². The standard InChI is InChI=1S/C16H12F2N4O3S/c1-9-12(4-5-25-9)15-20-21-16(26-8-14(23)24)22(15)19-7-10-2-3-11(17)6-13(10)18/h2-7H,8H2,1H3,(H,23,24)/p-1/b19-7-. The number of carboxylic acids is 1. The molecule has 1 aromatic carbocycles. The normalized spacial score (nSPS) is 11.3. The van der Waals surface area contributed by atoms with Crippen molar-refractivity contribution in [3.8, 4) is 11.4 Å². The maximum atomic E-state index is 13.8. The average molecular weight is 377 g/mol. The van der Waals surface area contributed by atoms with Gasteiger partial charge in [0.2, 0.25) is 5.16 Å². The number of halogens is 2. The van der Waals surface area contributed by atoms with Crippen LogP contribution in [0.4, 0.5) is 8.78 Å². The molecule has 0 fully saturated rings. The molecule has 0 N–H and O–H groups in total. The first-order valence-electron chi connectivity index (χ1n) is 7.27. The second-order valence-electron chi connectivity index (χ2n) is 5.08. The minimum Gasteiger partial charge on any atom is -0.549 e. The number of rotatable bonds is 6. The molecule has 0 aliphatic heterocycles. The highest BCUT2D eigenvalue weighted by Gasteiger charge is 2.17. The van der Waals surface area contributed by atoms with Gasteiger partial charge in [0.05, 0.1) is 24.0 Å². The van der Waals surface area contributed by atoms with Crippen LogP contribution in [0.25, 0.3) is 11.4 Å². The Bertz CT molecular complexity index is 984. The largest absolute Gasteiger partial charge is 0.549 e. The fourth-order valence-corrected chi connectivity index (χ4v) is 2.70. The molecule has 0 amide bonds. The van der Waals surface area contributed by atoms with Crippen LogP contribution in [-0.2, 0) is 4.79 Å². The third-order valence-electron chi connectivity index (χ3n) is 3.31. The number of aromatic nitrogens is 3. The van der Waals surface area contributed by atoms with E-state index >= 15 is 0 Å². The third kappa shape index (κ3) is 3.80. The van der Waals surface area contributed by atoms with Crippen LogP contribution in [0, 0.1) is 18.6 Å². The van der Waals surface area contributed by atoms with Crippen molar-refractivity contribution in [3.63, 3.8) is 0 Å². The molecule has 7 nitrogen and oxygen atoms in total. The predicted octanol–water partition coefficient (Wildman–Crippen LogP) is 1.85. The molecule has 26 heavy (non-hydrogen) atoms. The molecule has 2 heterocycles. The minimum atomic E-state index is -1.28. The van der Waals surface area contributed by atoms with Gasteiger partial charge in [0, 0.05) is 17.4 Å². The van der Waals surface area contributed by atoms with Gasteiger partial charge in [-0.2, -0.15) is 9.78 Å². The fourth-order valence-electron chi connectivity index (χ4n) is 2.09. The maximum absolute atomic E-state index is 13.8. The van der Waals surface area contributed by atoms with Gasteiger partial charge in [0.25, 0.3) is 0 Å². The van der Waals surface area contributed by atoms with Crippen LogP contribution in [0.5, 0.6) is 0 Å². The number of benzene rings is 1. The number of nitrogens with zero attached hydrogens (tertiary/aromatic N) is 4. The number of carbonyl (C=O) groups excluding carboxylic acids is 1. The van der Waals surface area contributed by atoms with Crippen molar-refractivity contribution in [2.75, 3.05) is 5.75 Å². The van der Waals surface area contributed by atoms with Crippen LogP contribution in [0.15, 0.2) is 45.2 Å². The Balaban J connectivity index is 2.01. The number of aryl methyl sites for hydroxylation is 1. The molecule has 0 radical (unpaired) electrons. The lowest BCUT2D eigenvalue weighted by molar-refractivity contribution is -0.301.